The van der Waals surface area contributed by atoms with E-state index in [1.807, 2.05) is 4.90 Å². The van der Waals surface area contributed by atoms with Crippen molar-refractivity contribution in [2.24, 2.45) is 5.92 Å². The molecule has 0 spiro atoms. The Morgan fingerprint density at radius 3 is 2.50 bits per heavy atom. The van der Waals surface area contributed by atoms with E-state index in [4.69, 9.17) is 16.3 Å². The van der Waals surface area contributed by atoms with Crippen molar-refractivity contribution < 1.29 is 14.3 Å². The molecule has 0 bridgehead atoms. The summed E-state index contributed by atoms with van der Waals surface area (Å²) in [6, 6.07) is 5.24. The smallest absolute Gasteiger partial charge is 0.241 e. The van der Waals surface area contributed by atoms with Crippen molar-refractivity contribution in [2.75, 3.05) is 45.2 Å². The fourth-order valence-corrected chi connectivity index (χ4v) is 3.04. The van der Waals surface area contributed by atoms with Crippen LogP contribution in [-0.2, 0) is 9.59 Å². The number of methoxy groups -OCH3 is 1. The van der Waals surface area contributed by atoms with Gasteiger partial charge in [-0.2, -0.15) is 0 Å². The summed E-state index contributed by atoms with van der Waals surface area (Å²) in [5, 5.41) is 3.66. The summed E-state index contributed by atoms with van der Waals surface area (Å²) in [7, 11) is 1.58. The molecule has 1 aromatic carbocycles. The Balaban J connectivity index is 1.49. The Bertz CT molecular complexity index is 626. The number of nitrogens with zero attached hydrogens (tertiary/aromatic N) is 2. The minimum Gasteiger partial charge on any atom is -0.495 e. The number of piperazine rings is 1. The van der Waals surface area contributed by atoms with Gasteiger partial charge in [-0.05, 0) is 31.0 Å². The van der Waals surface area contributed by atoms with Gasteiger partial charge in [0.2, 0.25) is 11.8 Å². The molecule has 1 saturated carbocycles. The van der Waals surface area contributed by atoms with E-state index < -0.39 is 0 Å². The third kappa shape index (κ3) is 3.93. The number of carbonyl (C=O) groups excluding carboxylic acids is 2. The van der Waals surface area contributed by atoms with E-state index in [2.05, 4.69) is 5.32 Å². The zero-order chi connectivity index (χ0) is 17.1. The van der Waals surface area contributed by atoms with Gasteiger partial charge in [0.25, 0.3) is 0 Å². The van der Waals surface area contributed by atoms with Crippen LogP contribution < -0.4 is 10.1 Å². The number of ether oxygens (including phenoxy) is 1. The summed E-state index contributed by atoms with van der Waals surface area (Å²) < 4.78 is 5.26. The number of benzene rings is 1. The lowest BCUT2D eigenvalue weighted by Crippen LogP contribution is -2.52. The Morgan fingerprint density at radius 2 is 1.88 bits per heavy atom. The van der Waals surface area contributed by atoms with Crippen molar-refractivity contribution >= 4 is 29.1 Å². The predicted molar refractivity (Wildman–Crippen MR) is 92.4 cm³/mol. The van der Waals surface area contributed by atoms with Crippen molar-refractivity contribution in [2.45, 2.75) is 12.8 Å². The largest absolute Gasteiger partial charge is 0.495 e. The van der Waals surface area contributed by atoms with Crippen LogP contribution in [0.15, 0.2) is 18.2 Å². The van der Waals surface area contributed by atoms with E-state index in [-0.39, 0.29) is 24.3 Å². The van der Waals surface area contributed by atoms with Gasteiger partial charge in [0.15, 0.2) is 0 Å². The molecule has 1 saturated heterocycles. The molecule has 1 aromatic rings. The third-order valence-corrected chi connectivity index (χ3v) is 4.70. The van der Waals surface area contributed by atoms with E-state index >= 15 is 0 Å². The number of amides is 2. The summed E-state index contributed by atoms with van der Waals surface area (Å²) in [6.07, 6.45) is 2.03. The van der Waals surface area contributed by atoms with Gasteiger partial charge in [0.1, 0.15) is 5.75 Å². The zero-order valence-corrected chi connectivity index (χ0v) is 14.5. The van der Waals surface area contributed by atoms with Crippen LogP contribution in [0.5, 0.6) is 5.75 Å². The molecule has 1 aliphatic carbocycles. The van der Waals surface area contributed by atoms with Crippen molar-refractivity contribution in [1.29, 1.82) is 0 Å². The van der Waals surface area contributed by atoms with Crippen LogP contribution in [0.1, 0.15) is 12.8 Å². The van der Waals surface area contributed by atoms with Gasteiger partial charge in [0.05, 0.1) is 19.3 Å². The standard InChI is InChI=1S/C17H22ClN3O3/c1-24-15-5-4-13(18)10-14(15)19-11-16(22)20-6-8-21(9-7-20)17(23)12-2-3-12/h4-5,10,12,19H,2-3,6-9,11H2,1H3. The Hall–Kier alpha value is -1.95. The van der Waals surface area contributed by atoms with Crippen LogP contribution in [-0.4, -0.2) is 61.4 Å². The second kappa shape index (κ2) is 7.30. The Labute approximate surface area is 146 Å². The second-order valence-corrected chi connectivity index (χ2v) is 6.61. The highest BCUT2D eigenvalue weighted by Gasteiger charge is 2.35. The lowest BCUT2D eigenvalue weighted by atomic mass is 10.2. The molecule has 0 aromatic heterocycles. The molecule has 1 aliphatic heterocycles. The Morgan fingerprint density at radius 1 is 1.21 bits per heavy atom. The molecule has 2 aliphatic rings. The highest BCUT2D eigenvalue weighted by molar-refractivity contribution is 6.30. The minimum atomic E-state index is 0.00977. The molecule has 3 rings (SSSR count). The predicted octanol–water partition coefficient (Wildman–Crippen LogP) is 1.84. The summed E-state index contributed by atoms with van der Waals surface area (Å²) in [5.41, 5.74) is 0.695. The fraction of sp³-hybridized carbons (Fsp3) is 0.529. The van der Waals surface area contributed by atoms with Crippen LogP contribution in [0, 0.1) is 5.92 Å². The average Bonchev–Trinajstić information content (AvgIpc) is 3.44. The van der Waals surface area contributed by atoms with Crippen molar-refractivity contribution in [1.82, 2.24) is 9.80 Å². The SMILES string of the molecule is COc1ccc(Cl)cc1NCC(=O)N1CCN(C(=O)C2CC2)CC1. The van der Waals surface area contributed by atoms with Gasteiger partial charge >= 0.3 is 0 Å². The molecule has 0 radical (unpaired) electrons. The van der Waals surface area contributed by atoms with E-state index in [0.717, 1.165) is 12.8 Å². The molecule has 7 heteroatoms. The molecule has 2 fully saturated rings. The van der Waals surface area contributed by atoms with Crippen molar-refractivity contribution in [3.8, 4) is 5.75 Å². The molecular weight excluding hydrogens is 330 g/mol. The van der Waals surface area contributed by atoms with Crippen LogP contribution >= 0.6 is 11.6 Å². The summed E-state index contributed by atoms with van der Waals surface area (Å²) in [5.74, 6) is 1.15. The summed E-state index contributed by atoms with van der Waals surface area (Å²) >= 11 is 5.99. The number of hydrogen-bond donors (Lipinski definition) is 1. The molecule has 2 amide bonds. The van der Waals surface area contributed by atoms with Crippen LogP contribution in [0.4, 0.5) is 5.69 Å². The molecule has 24 heavy (non-hydrogen) atoms. The minimum absolute atomic E-state index is 0.00977. The topological polar surface area (TPSA) is 61.9 Å². The third-order valence-electron chi connectivity index (χ3n) is 4.46. The molecular formula is C17H22ClN3O3. The van der Waals surface area contributed by atoms with Gasteiger partial charge in [0, 0.05) is 37.1 Å². The van der Waals surface area contributed by atoms with Gasteiger partial charge in [-0.3, -0.25) is 9.59 Å². The second-order valence-electron chi connectivity index (χ2n) is 6.18. The highest BCUT2D eigenvalue weighted by atomic mass is 35.5. The van der Waals surface area contributed by atoms with Crippen LogP contribution in [0.2, 0.25) is 5.02 Å². The van der Waals surface area contributed by atoms with Crippen molar-refractivity contribution in [3.63, 3.8) is 0 Å². The van der Waals surface area contributed by atoms with Gasteiger partial charge < -0.3 is 19.9 Å². The quantitative estimate of drug-likeness (QED) is 0.879. The number of carbonyl (C=O) groups is 2. The Kier molecular flexibility index (Phi) is 5.14. The molecule has 0 unspecified atom stereocenters. The van der Waals surface area contributed by atoms with E-state index in [9.17, 15) is 9.59 Å². The van der Waals surface area contributed by atoms with Gasteiger partial charge in [-0.25, -0.2) is 0 Å². The average molecular weight is 352 g/mol. The summed E-state index contributed by atoms with van der Waals surface area (Å²) in [4.78, 5) is 28.1. The number of anilines is 1. The normalized spacial score (nSPS) is 17.6. The first-order valence-corrected chi connectivity index (χ1v) is 8.60. The van der Waals surface area contributed by atoms with Crippen LogP contribution in [0.3, 0.4) is 0 Å². The number of hydrogen-bond acceptors (Lipinski definition) is 4. The first kappa shape index (κ1) is 16.9. The van der Waals surface area contributed by atoms with Crippen molar-refractivity contribution in [3.05, 3.63) is 23.2 Å². The lowest BCUT2D eigenvalue weighted by molar-refractivity contribution is -0.139. The number of nitrogens with one attached hydrogen (secondary N) is 1. The molecule has 6 nitrogen and oxygen atoms in total. The maximum absolute atomic E-state index is 12.4. The number of halogens is 1. The lowest BCUT2D eigenvalue weighted by Gasteiger charge is -2.35. The monoisotopic (exact) mass is 351 g/mol. The fourth-order valence-electron chi connectivity index (χ4n) is 2.87. The molecule has 1 heterocycles. The molecule has 1 N–H and O–H groups in total. The highest BCUT2D eigenvalue weighted by Crippen LogP contribution is 2.31. The maximum Gasteiger partial charge on any atom is 0.241 e. The van der Waals surface area contributed by atoms with E-state index in [1.54, 1.807) is 30.2 Å². The van der Waals surface area contributed by atoms with E-state index in [1.165, 1.54) is 0 Å². The maximum atomic E-state index is 12.4. The van der Waals surface area contributed by atoms with Crippen LogP contribution in [0.25, 0.3) is 0 Å². The van der Waals surface area contributed by atoms with Gasteiger partial charge in [-0.1, -0.05) is 11.6 Å². The van der Waals surface area contributed by atoms with Gasteiger partial charge in [-0.15, -0.1) is 0 Å². The van der Waals surface area contributed by atoms with E-state index in [0.29, 0.717) is 42.6 Å². The summed E-state index contributed by atoms with van der Waals surface area (Å²) in [6.45, 7) is 2.60. The molecule has 0 atom stereocenters. The zero-order valence-electron chi connectivity index (χ0n) is 13.8. The first-order chi connectivity index (χ1) is 11.6. The first-order valence-electron chi connectivity index (χ1n) is 8.22. The molecule has 130 valence electrons. The number of rotatable bonds is 5.